The van der Waals surface area contributed by atoms with Crippen LogP contribution in [0.5, 0.6) is 0 Å². The predicted molar refractivity (Wildman–Crippen MR) is 76.9 cm³/mol. The van der Waals surface area contributed by atoms with Gasteiger partial charge in [-0.05, 0) is 63.5 Å². The van der Waals surface area contributed by atoms with Crippen molar-refractivity contribution in [1.82, 2.24) is 10.2 Å². The quantitative estimate of drug-likeness (QED) is 0.849. The van der Waals surface area contributed by atoms with E-state index in [-0.39, 0.29) is 0 Å². The Hall–Kier alpha value is -0.570. The van der Waals surface area contributed by atoms with Gasteiger partial charge in [0.1, 0.15) is 0 Å². The fourth-order valence-electron chi connectivity index (χ4n) is 3.85. The number of amides is 1. The number of nitrogens with one attached hydrogen (secondary N) is 1. The fraction of sp³-hybridized carbons (Fsp3) is 0.938. The van der Waals surface area contributed by atoms with Crippen LogP contribution >= 0.6 is 0 Å². The van der Waals surface area contributed by atoms with Crippen LogP contribution in [0.3, 0.4) is 0 Å². The molecule has 2 saturated heterocycles. The van der Waals surface area contributed by atoms with Crippen LogP contribution in [0.2, 0.25) is 0 Å². The van der Waals surface area contributed by atoms with Crippen molar-refractivity contribution in [2.45, 2.75) is 63.8 Å². The molecule has 3 heteroatoms. The predicted octanol–water partition coefficient (Wildman–Crippen LogP) is 2.56. The molecule has 0 spiro atoms. The third-order valence-corrected chi connectivity index (χ3v) is 5.21. The van der Waals surface area contributed by atoms with E-state index in [0.29, 0.717) is 11.9 Å². The zero-order chi connectivity index (χ0) is 13.1. The fourth-order valence-corrected chi connectivity index (χ4v) is 3.85. The first-order valence-corrected chi connectivity index (χ1v) is 8.35. The molecule has 0 bridgehead atoms. The molecule has 2 heterocycles. The van der Waals surface area contributed by atoms with E-state index in [1.165, 1.54) is 51.4 Å². The third-order valence-electron chi connectivity index (χ3n) is 5.21. The lowest BCUT2D eigenvalue weighted by Gasteiger charge is -2.38. The monoisotopic (exact) mass is 264 g/mol. The second kappa shape index (κ2) is 6.25. The Morgan fingerprint density at radius 2 is 1.79 bits per heavy atom. The molecule has 2 aliphatic heterocycles. The molecule has 0 aromatic heterocycles. The average Bonchev–Trinajstić information content (AvgIpc) is 3.25. The minimum Gasteiger partial charge on any atom is -0.339 e. The van der Waals surface area contributed by atoms with Crippen LogP contribution in [0.25, 0.3) is 0 Å². The van der Waals surface area contributed by atoms with Crippen LogP contribution in [-0.2, 0) is 4.79 Å². The molecule has 1 saturated carbocycles. The lowest BCUT2D eigenvalue weighted by molar-refractivity contribution is -0.135. The first-order chi connectivity index (χ1) is 9.34. The molecule has 1 amide bonds. The molecule has 3 aliphatic rings. The van der Waals surface area contributed by atoms with Gasteiger partial charge in [-0.1, -0.05) is 12.8 Å². The number of piperidine rings is 1. The van der Waals surface area contributed by atoms with E-state index in [9.17, 15) is 4.79 Å². The highest BCUT2D eigenvalue weighted by molar-refractivity contribution is 5.77. The summed E-state index contributed by atoms with van der Waals surface area (Å²) in [6.07, 6.45) is 11.0. The number of hydrogen-bond acceptors (Lipinski definition) is 2. The first-order valence-electron chi connectivity index (χ1n) is 8.35. The van der Waals surface area contributed by atoms with E-state index in [1.807, 2.05) is 0 Å². The molecule has 108 valence electrons. The zero-order valence-electron chi connectivity index (χ0n) is 12.1. The number of rotatable bonds is 3. The Balaban J connectivity index is 1.65. The zero-order valence-corrected chi connectivity index (χ0v) is 12.1. The van der Waals surface area contributed by atoms with Crippen molar-refractivity contribution in [2.75, 3.05) is 19.6 Å². The van der Waals surface area contributed by atoms with Gasteiger partial charge in [0.15, 0.2) is 0 Å². The van der Waals surface area contributed by atoms with Crippen molar-refractivity contribution >= 4 is 5.91 Å². The standard InChI is InChI=1S/C16H28N2O/c19-16(12-13-5-6-13)18-11-3-1-2-4-15(18)14-7-9-17-10-8-14/h13-15,17H,1-12H2. The van der Waals surface area contributed by atoms with Gasteiger partial charge in [0.25, 0.3) is 0 Å². The summed E-state index contributed by atoms with van der Waals surface area (Å²) in [6.45, 7) is 3.32. The van der Waals surface area contributed by atoms with Crippen LogP contribution < -0.4 is 5.32 Å². The van der Waals surface area contributed by atoms with E-state index in [2.05, 4.69) is 10.2 Å². The molecule has 0 radical (unpaired) electrons. The third kappa shape index (κ3) is 3.50. The van der Waals surface area contributed by atoms with Gasteiger partial charge in [-0.25, -0.2) is 0 Å². The van der Waals surface area contributed by atoms with E-state index in [4.69, 9.17) is 0 Å². The Morgan fingerprint density at radius 3 is 2.53 bits per heavy atom. The number of likely N-dealkylation sites (tertiary alicyclic amines) is 1. The van der Waals surface area contributed by atoms with Crippen molar-refractivity contribution in [3.05, 3.63) is 0 Å². The van der Waals surface area contributed by atoms with Gasteiger partial charge < -0.3 is 10.2 Å². The molecule has 0 aromatic carbocycles. The van der Waals surface area contributed by atoms with E-state index in [1.54, 1.807) is 0 Å². The van der Waals surface area contributed by atoms with E-state index in [0.717, 1.165) is 37.9 Å². The van der Waals surface area contributed by atoms with Gasteiger partial charge in [0.2, 0.25) is 5.91 Å². The summed E-state index contributed by atoms with van der Waals surface area (Å²) >= 11 is 0. The van der Waals surface area contributed by atoms with Crippen molar-refractivity contribution in [3.8, 4) is 0 Å². The summed E-state index contributed by atoms with van der Waals surface area (Å²) in [5, 5.41) is 3.45. The van der Waals surface area contributed by atoms with Gasteiger partial charge in [-0.15, -0.1) is 0 Å². The van der Waals surface area contributed by atoms with Crippen molar-refractivity contribution < 1.29 is 4.79 Å². The molecule has 3 fully saturated rings. The summed E-state index contributed by atoms with van der Waals surface area (Å²) in [7, 11) is 0. The second-order valence-electron chi connectivity index (χ2n) is 6.74. The minimum absolute atomic E-state index is 0.466. The summed E-state index contributed by atoms with van der Waals surface area (Å²) in [4.78, 5) is 14.9. The first kappa shape index (κ1) is 13.4. The van der Waals surface area contributed by atoms with Gasteiger partial charge in [-0.2, -0.15) is 0 Å². The Morgan fingerprint density at radius 1 is 1.00 bits per heavy atom. The number of carbonyl (C=O) groups is 1. The summed E-state index contributed by atoms with van der Waals surface area (Å²) < 4.78 is 0. The molecule has 3 rings (SSSR count). The second-order valence-corrected chi connectivity index (χ2v) is 6.74. The number of hydrogen-bond donors (Lipinski definition) is 1. The SMILES string of the molecule is O=C(CC1CC1)N1CCCCCC1C1CCNCC1. The Kier molecular flexibility index (Phi) is 4.42. The summed E-state index contributed by atoms with van der Waals surface area (Å²) in [5.74, 6) is 1.94. The molecular formula is C16H28N2O. The number of nitrogens with zero attached hydrogens (tertiary/aromatic N) is 1. The molecule has 1 unspecified atom stereocenters. The van der Waals surface area contributed by atoms with Crippen molar-refractivity contribution in [1.29, 1.82) is 0 Å². The minimum atomic E-state index is 0.466. The van der Waals surface area contributed by atoms with Gasteiger partial charge in [0, 0.05) is 19.0 Å². The van der Waals surface area contributed by atoms with Crippen LogP contribution in [-0.4, -0.2) is 36.5 Å². The van der Waals surface area contributed by atoms with Crippen molar-refractivity contribution in [2.24, 2.45) is 11.8 Å². The molecule has 19 heavy (non-hydrogen) atoms. The molecule has 1 aliphatic carbocycles. The molecule has 3 nitrogen and oxygen atoms in total. The Labute approximate surface area is 117 Å². The number of carbonyl (C=O) groups excluding carboxylic acids is 1. The average molecular weight is 264 g/mol. The normalized spacial score (nSPS) is 30.1. The van der Waals surface area contributed by atoms with Gasteiger partial charge in [0.05, 0.1) is 0 Å². The topological polar surface area (TPSA) is 32.3 Å². The van der Waals surface area contributed by atoms with Crippen LogP contribution in [0.15, 0.2) is 0 Å². The largest absolute Gasteiger partial charge is 0.339 e. The lowest BCUT2D eigenvalue weighted by Crippen LogP contribution is -2.47. The summed E-state index contributed by atoms with van der Waals surface area (Å²) in [5.41, 5.74) is 0. The molecule has 0 aromatic rings. The van der Waals surface area contributed by atoms with E-state index >= 15 is 0 Å². The highest BCUT2D eigenvalue weighted by Gasteiger charge is 2.34. The smallest absolute Gasteiger partial charge is 0.223 e. The maximum absolute atomic E-state index is 12.6. The molecule has 1 atom stereocenters. The summed E-state index contributed by atoms with van der Waals surface area (Å²) in [6, 6.07) is 0.552. The van der Waals surface area contributed by atoms with Gasteiger partial charge >= 0.3 is 0 Å². The lowest BCUT2D eigenvalue weighted by atomic mass is 9.86. The van der Waals surface area contributed by atoms with E-state index < -0.39 is 0 Å². The molecular weight excluding hydrogens is 236 g/mol. The van der Waals surface area contributed by atoms with Crippen molar-refractivity contribution in [3.63, 3.8) is 0 Å². The molecule has 1 N–H and O–H groups in total. The van der Waals surface area contributed by atoms with Gasteiger partial charge in [-0.3, -0.25) is 4.79 Å². The highest BCUT2D eigenvalue weighted by Crippen LogP contribution is 2.35. The maximum atomic E-state index is 12.6. The van der Waals surface area contributed by atoms with Crippen LogP contribution in [0, 0.1) is 11.8 Å². The van der Waals surface area contributed by atoms with Crippen LogP contribution in [0.4, 0.5) is 0 Å². The highest BCUT2D eigenvalue weighted by atomic mass is 16.2. The maximum Gasteiger partial charge on any atom is 0.223 e. The van der Waals surface area contributed by atoms with Crippen LogP contribution in [0.1, 0.15) is 57.8 Å². The Bertz CT molecular complexity index is 308.